The molecule has 1 aromatic carbocycles. The van der Waals surface area contributed by atoms with Gasteiger partial charge in [0.2, 0.25) is 5.91 Å². The number of piperazine rings is 1. The first-order valence-electron chi connectivity index (χ1n) is 9.96. The van der Waals surface area contributed by atoms with Crippen LogP contribution in [0.15, 0.2) is 18.2 Å². The number of methoxy groups -OCH3 is 2. The van der Waals surface area contributed by atoms with E-state index in [-0.39, 0.29) is 24.6 Å². The van der Waals surface area contributed by atoms with Crippen LogP contribution in [0.2, 0.25) is 0 Å². The minimum Gasteiger partial charge on any atom is -0.493 e. The van der Waals surface area contributed by atoms with E-state index in [1.807, 2.05) is 0 Å². The van der Waals surface area contributed by atoms with Crippen molar-refractivity contribution in [1.29, 1.82) is 0 Å². The molecule has 1 aromatic rings. The third kappa shape index (κ3) is 4.52. The molecule has 0 N–H and O–H groups in total. The number of anilines is 1. The third-order valence-electron chi connectivity index (χ3n) is 5.26. The quantitative estimate of drug-likeness (QED) is 0.688. The smallest absolute Gasteiger partial charge is 0.409 e. The van der Waals surface area contributed by atoms with Gasteiger partial charge in [-0.05, 0) is 19.1 Å². The molecule has 2 heterocycles. The van der Waals surface area contributed by atoms with E-state index < -0.39 is 0 Å². The third-order valence-corrected chi connectivity index (χ3v) is 5.26. The lowest BCUT2D eigenvalue weighted by Gasteiger charge is -2.34. The highest BCUT2D eigenvalue weighted by Crippen LogP contribution is 2.32. The van der Waals surface area contributed by atoms with Crippen LogP contribution in [0.3, 0.4) is 0 Å². The summed E-state index contributed by atoms with van der Waals surface area (Å²) in [4.78, 5) is 43.7. The molecule has 4 amide bonds. The summed E-state index contributed by atoms with van der Waals surface area (Å²) in [5.74, 6) is 1.000. The summed E-state index contributed by atoms with van der Waals surface area (Å²) in [6.45, 7) is 4.76. The number of nitrogens with zero attached hydrogens (tertiary/aromatic N) is 4. The van der Waals surface area contributed by atoms with Gasteiger partial charge in [0.25, 0.3) is 0 Å². The normalized spacial score (nSPS) is 16.7. The minimum absolute atomic E-state index is 0.0159. The van der Waals surface area contributed by atoms with Crippen molar-refractivity contribution in [3.05, 3.63) is 18.2 Å². The van der Waals surface area contributed by atoms with E-state index in [2.05, 4.69) is 0 Å². The molecule has 0 spiro atoms. The molecule has 3 rings (SSSR count). The standard InChI is InChI=1S/C20H28N4O6/c1-4-30-20(27)22-9-7-21(8-10-22)18(25)14-23-11-12-24(19(23)26)15-5-6-16(28-2)17(13-15)29-3/h5-6,13H,4,7-12,14H2,1-3H3. The number of benzene rings is 1. The summed E-state index contributed by atoms with van der Waals surface area (Å²) in [7, 11) is 3.10. The summed E-state index contributed by atoms with van der Waals surface area (Å²) >= 11 is 0. The first-order valence-corrected chi connectivity index (χ1v) is 9.96. The number of hydrogen-bond acceptors (Lipinski definition) is 6. The molecule has 0 radical (unpaired) electrons. The Morgan fingerprint density at radius 1 is 0.933 bits per heavy atom. The van der Waals surface area contributed by atoms with Gasteiger partial charge in [-0.2, -0.15) is 0 Å². The maximum Gasteiger partial charge on any atom is 0.409 e. The van der Waals surface area contributed by atoms with Crippen LogP contribution < -0.4 is 14.4 Å². The first kappa shape index (κ1) is 21.5. The van der Waals surface area contributed by atoms with E-state index in [4.69, 9.17) is 14.2 Å². The molecule has 30 heavy (non-hydrogen) atoms. The highest BCUT2D eigenvalue weighted by Gasteiger charge is 2.33. The summed E-state index contributed by atoms with van der Waals surface area (Å²) in [5.41, 5.74) is 0.690. The fraction of sp³-hybridized carbons (Fsp3) is 0.550. The van der Waals surface area contributed by atoms with Crippen LogP contribution in [0, 0.1) is 0 Å². The van der Waals surface area contributed by atoms with E-state index in [1.165, 1.54) is 4.90 Å². The van der Waals surface area contributed by atoms with Gasteiger partial charge in [-0.3, -0.25) is 9.69 Å². The van der Waals surface area contributed by atoms with Gasteiger partial charge in [0.15, 0.2) is 11.5 Å². The highest BCUT2D eigenvalue weighted by atomic mass is 16.6. The van der Waals surface area contributed by atoms with Crippen molar-refractivity contribution >= 4 is 23.7 Å². The SMILES string of the molecule is CCOC(=O)N1CCN(C(=O)CN2CCN(c3ccc(OC)c(OC)c3)C2=O)CC1. The number of carbonyl (C=O) groups is 3. The van der Waals surface area contributed by atoms with Crippen LogP contribution in [0.1, 0.15) is 6.92 Å². The number of hydrogen-bond donors (Lipinski definition) is 0. The Balaban J connectivity index is 1.56. The van der Waals surface area contributed by atoms with E-state index in [9.17, 15) is 14.4 Å². The van der Waals surface area contributed by atoms with E-state index in [1.54, 1.807) is 54.0 Å². The molecule has 0 aliphatic carbocycles. The highest BCUT2D eigenvalue weighted by molar-refractivity contribution is 5.96. The molecule has 164 valence electrons. The summed E-state index contributed by atoms with van der Waals surface area (Å²) in [5, 5.41) is 0. The molecule has 2 saturated heterocycles. The maximum atomic E-state index is 12.8. The second kappa shape index (κ2) is 9.55. The zero-order chi connectivity index (χ0) is 21.7. The molecular weight excluding hydrogens is 392 g/mol. The predicted molar refractivity (Wildman–Crippen MR) is 109 cm³/mol. The van der Waals surface area contributed by atoms with Gasteiger partial charge in [0.1, 0.15) is 6.54 Å². The largest absolute Gasteiger partial charge is 0.493 e. The Morgan fingerprint density at radius 3 is 2.23 bits per heavy atom. The van der Waals surface area contributed by atoms with Crippen molar-refractivity contribution < 1.29 is 28.6 Å². The number of ether oxygens (including phenoxy) is 3. The molecule has 2 aliphatic heterocycles. The molecule has 0 bridgehead atoms. The van der Waals surface area contributed by atoms with Crippen LogP contribution in [0.4, 0.5) is 15.3 Å². The topological polar surface area (TPSA) is 91.9 Å². The van der Waals surface area contributed by atoms with Crippen molar-refractivity contribution in [2.75, 3.05) is 71.5 Å². The Morgan fingerprint density at radius 2 is 1.60 bits per heavy atom. The molecule has 0 aromatic heterocycles. The number of urea groups is 1. The van der Waals surface area contributed by atoms with Crippen LogP contribution in [0.25, 0.3) is 0 Å². The second-order valence-corrected chi connectivity index (χ2v) is 6.96. The Hall–Kier alpha value is -3.17. The van der Waals surface area contributed by atoms with Crippen molar-refractivity contribution in [3.63, 3.8) is 0 Å². The fourth-order valence-electron chi connectivity index (χ4n) is 3.58. The predicted octanol–water partition coefficient (Wildman–Crippen LogP) is 1.25. The Labute approximate surface area is 175 Å². The monoisotopic (exact) mass is 420 g/mol. The van der Waals surface area contributed by atoms with E-state index in [0.29, 0.717) is 63.1 Å². The van der Waals surface area contributed by atoms with E-state index in [0.717, 1.165) is 0 Å². The lowest BCUT2D eigenvalue weighted by Crippen LogP contribution is -2.53. The van der Waals surface area contributed by atoms with E-state index >= 15 is 0 Å². The molecular formula is C20H28N4O6. The van der Waals surface area contributed by atoms with Gasteiger partial charge in [-0.25, -0.2) is 9.59 Å². The summed E-state index contributed by atoms with van der Waals surface area (Å²) in [6, 6.07) is 5.06. The van der Waals surface area contributed by atoms with Gasteiger partial charge in [0, 0.05) is 51.0 Å². The van der Waals surface area contributed by atoms with Gasteiger partial charge in [-0.1, -0.05) is 0 Å². The maximum absolute atomic E-state index is 12.8. The fourth-order valence-corrected chi connectivity index (χ4v) is 3.58. The molecule has 0 atom stereocenters. The van der Waals surface area contributed by atoms with Gasteiger partial charge in [0.05, 0.1) is 20.8 Å². The number of carbonyl (C=O) groups excluding carboxylic acids is 3. The van der Waals surface area contributed by atoms with Crippen LogP contribution in [0.5, 0.6) is 11.5 Å². The average molecular weight is 420 g/mol. The molecule has 10 nitrogen and oxygen atoms in total. The molecule has 0 saturated carbocycles. The van der Waals surface area contributed by atoms with Crippen molar-refractivity contribution in [3.8, 4) is 11.5 Å². The number of rotatable bonds is 6. The first-order chi connectivity index (χ1) is 14.5. The lowest BCUT2D eigenvalue weighted by atomic mass is 10.2. The molecule has 10 heteroatoms. The zero-order valence-corrected chi connectivity index (χ0v) is 17.6. The Kier molecular flexibility index (Phi) is 6.86. The summed E-state index contributed by atoms with van der Waals surface area (Å²) < 4.78 is 15.5. The molecule has 2 fully saturated rings. The number of amides is 4. The lowest BCUT2D eigenvalue weighted by molar-refractivity contribution is -0.133. The summed E-state index contributed by atoms with van der Waals surface area (Å²) in [6.07, 6.45) is -0.357. The van der Waals surface area contributed by atoms with Crippen LogP contribution in [-0.2, 0) is 9.53 Å². The minimum atomic E-state index is -0.357. The van der Waals surface area contributed by atoms with Crippen LogP contribution in [-0.4, -0.2) is 99.4 Å². The Bertz CT molecular complexity index is 794. The second-order valence-electron chi connectivity index (χ2n) is 6.96. The molecule has 2 aliphatic rings. The van der Waals surface area contributed by atoms with Gasteiger partial charge < -0.3 is 28.9 Å². The van der Waals surface area contributed by atoms with Gasteiger partial charge in [-0.15, -0.1) is 0 Å². The molecule has 0 unspecified atom stereocenters. The van der Waals surface area contributed by atoms with Crippen molar-refractivity contribution in [2.45, 2.75) is 6.92 Å². The van der Waals surface area contributed by atoms with Crippen LogP contribution >= 0.6 is 0 Å². The van der Waals surface area contributed by atoms with Gasteiger partial charge >= 0.3 is 12.1 Å². The van der Waals surface area contributed by atoms with Crippen molar-refractivity contribution in [1.82, 2.24) is 14.7 Å². The zero-order valence-electron chi connectivity index (χ0n) is 17.6. The van der Waals surface area contributed by atoms with Crippen molar-refractivity contribution in [2.24, 2.45) is 0 Å². The average Bonchev–Trinajstić information content (AvgIpc) is 3.13.